The molecule has 4 heteroatoms. The molecule has 0 atom stereocenters. The monoisotopic (exact) mass is 399 g/mol. The summed E-state index contributed by atoms with van der Waals surface area (Å²) in [5.41, 5.74) is 4.05. The molecule has 0 radical (unpaired) electrons. The second-order valence-corrected chi connectivity index (χ2v) is 5.53. The minimum atomic E-state index is 0. The van der Waals surface area contributed by atoms with Gasteiger partial charge in [0.05, 0.1) is 0 Å². The smallest absolute Gasteiger partial charge is 0.191 e. The zero-order valence-corrected chi connectivity index (χ0v) is 15.5. The predicted molar refractivity (Wildman–Crippen MR) is 102 cm³/mol. The number of nitrogens with one attached hydrogen (secondary N) is 2. The van der Waals surface area contributed by atoms with Crippen LogP contribution >= 0.6 is 24.0 Å². The second kappa shape index (κ2) is 9.07. The summed E-state index contributed by atoms with van der Waals surface area (Å²) in [6.07, 6.45) is 7.66. The lowest BCUT2D eigenvalue weighted by Crippen LogP contribution is -2.43. The Hall–Kier alpha value is -1.04. The highest BCUT2D eigenvalue weighted by Crippen LogP contribution is 2.10. The number of hydrogen-bond donors (Lipinski definition) is 2. The highest BCUT2D eigenvalue weighted by molar-refractivity contribution is 14.0. The van der Waals surface area contributed by atoms with E-state index < -0.39 is 0 Å². The number of rotatable bonds is 4. The Bertz CT molecular complexity index is 481. The summed E-state index contributed by atoms with van der Waals surface area (Å²) < 4.78 is 0. The van der Waals surface area contributed by atoms with Crippen LogP contribution < -0.4 is 10.6 Å². The molecule has 3 nitrogen and oxygen atoms in total. The number of hydrogen-bond acceptors (Lipinski definition) is 1. The van der Waals surface area contributed by atoms with Crippen LogP contribution in [-0.4, -0.2) is 25.6 Å². The molecule has 0 aromatic heterocycles. The third-order valence-corrected chi connectivity index (χ3v) is 3.56. The first-order valence-corrected chi connectivity index (χ1v) is 7.36. The molecule has 1 aromatic rings. The van der Waals surface area contributed by atoms with Crippen LogP contribution in [0.3, 0.4) is 0 Å². The van der Waals surface area contributed by atoms with E-state index >= 15 is 0 Å². The average Bonchev–Trinajstić information content (AvgIpc) is 2.89. The van der Waals surface area contributed by atoms with Crippen LogP contribution in [0, 0.1) is 13.8 Å². The molecule has 2 rings (SSSR count). The molecule has 0 fully saturated rings. The van der Waals surface area contributed by atoms with Crippen molar-refractivity contribution >= 4 is 29.9 Å². The molecule has 0 spiro atoms. The van der Waals surface area contributed by atoms with Crippen molar-refractivity contribution in [1.29, 1.82) is 0 Å². The Balaban J connectivity index is 0.00000220. The van der Waals surface area contributed by atoms with Gasteiger partial charge in [0.25, 0.3) is 0 Å². The van der Waals surface area contributed by atoms with Gasteiger partial charge in [-0.1, -0.05) is 41.5 Å². The van der Waals surface area contributed by atoms with E-state index in [0.717, 1.165) is 31.8 Å². The Kier molecular flexibility index (Phi) is 7.78. The molecule has 0 saturated heterocycles. The van der Waals surface area contributed by atoms with Gasteiger partial charge in [-0.3, -0.25) is 4.99 Å². The first-order valence-electron chi connectivity index (χ1n) is 7.36. The summed E-state index contributed by atoms with van der Waals surface area (Å²) >= 11 is 0. The van der Waals surface area contributed by atoms with Gasteiger partial charge in [0.2, 0.25) is 0 Å². The minimum Gasteiger partial charge on any atom is -0.356 e. The van der Waals surface area contributed by atoms with Crippen LogP contribution in [0.25, 0.3) is 0 Å². The van der Waals surface area contributed by atoms with Crippen LogP contribution in [0.5, 0.6) is 0 Å². The van der Waals surface area contributed by atoms with E-state index in [0.29, 0.717) is 6.04 Å². The van der Waals surface area contributed by atoms with Gasteiger partial charge >= 0.3 is 0 Å². The Morgan fingerprint density at radius 1 is 1.14 bits per heavy atom. The number of guanidine groups is 1. The molecule has 1 aromatic carbocycles. The quantitative estimate of drug-likeness (QED) is 0.353. The molecule has 0 bridgehead atoms. The third-order valence-electron chi connectivity index (χ3n) is 3.56. The summed E-state index contributed by atoms with van der Waals surface area (Å²) in [5.74, 6) is 0.906. The molecule has 1 aliphatic rings. The van der Waals surface area contributed by atoms with Crippen molar-refractivity contribution < 1.29 is 0 Å². The van der Waals surface area contributed by atoms with Gasteiger partial charge in [0.15, 0.2) is 5.96 Å². The summed E-state index contributed by atoms with van der Waals surface area (Å²) in [7, 11) is 1.83. The first-order chi connectivity index (χ1) is 9.67. The second-order valence-electron chi connectivity index (χ2n) is 5.53. The summed E-state index contributed by atoms with van der Waals surface area (Å²) in [6, 6.07) is 7.23. The van der Waals surface area contributed by atoms with Crippen LogP contribution in [0.2, 0.25) is 0 Å². The molecule has 1 aliphatic carbocycles. The van der Waals surface area contributed by atoms with Crippen molar-refractivity contribution in [2.45, 2.75) is 39.2 Å². The standard InChI is InChI=1S/C17H25N3.HI/c1-13-10-14(2)12-15(11-13)8-9-19-17(18-3)20-16-6-4-5-7-16;/h4-5,10-12,16H,6-9H2,1-3H3,(H2,18,19,20);1H. The van der Waals surface area contributed by atoms with Gasteiger partial charge in [-0.15, -0.1) is 24.0 Å². The van der Waals surface area contributed by atoms with Gasteiger partial charge < -0.3 is 10.6 Å². The predicted octanol–water partition coefficient (Wildman–Crippen LogP) is 3.35. The third kappa shape index (κ3) is 6.08. The number of aryl methyl sites for hydroxylation is 2. The van der Waals surface area contributed by atoms with Crippen LogP contribution in [-0.2, 0) is 6.42 Å². The lowest BCUT2D eigenvalue weighted by molar-refractivity contribution is 0.633. The van der Waals surface area contributed by atoms with Gasteiger partial charge in [-0.05, 0) is 38.7 Å². The maximum atomic E-state index is 4.28. The summed E-state index contributed by atoms with van der Waals surface area (Å²) in [4.78, 5) is 4.28. The zero-order valence-electron chi connectivity index (χ0n) is 13.1. The van der Waals surface area contributed by atoms with E-state index in [1.54, 1.807) is 0 Å². The Morgan fingerprint density at radius 2 is 1.76 bits per heavy atom. The van der Waals surface area contributed by atoms with E-state index in [1.165, 1.54) is 16.7 Å². The molecule has 21 heavy (non-hydrogen) atoms. The molecule has 2 N–H and O–H groups in total. The lowest BCUT2D eigenvalue weighted by atomic mass is 10.1. The maximum absolute atomic E-state index is 4.28. The van der Waals surface area contributed by atoms with Crippen LogP contribution in [0.4, 0.5) is 0 Å². The van der Waals surface area contributed by atoms with Crippen molar-refractivity contribution in [2.24, 2.45) is 4.99 Å². The fraction of sp³-hybridized carbons (Fsp3) is 0.471. The van der Waals surface area contributed by atoms with Gasteiger partial charge in [-0.2, -0.15) is 0 Å². The van der Waals surface area contributed by atoms with E-state index in [1.807, 2.05) is 7.05 Å². The topological polar surface area (TPSA) is 36.4 Å². The minimum absolute atomic E-state index is 0. The number of aliphatic imine (C=N–C) groups is 1. The molecule has 0 heterocycles. The van der Waals surface area contributed by atoms with Crippen molar-refractivity contribution in [3.8, 4) is 0 Å². The molecule has 0 unspecified atom stereocenters. The number of nitrogens with zero attached hydrogens (tertiary/aromatic N) is 1. The van der Waals surface area contributed by atoms with E-state index in [4.69, 9.17) is 0 Å². The average molecular weight is 399 g/mol. The molecule has 0 aliphatic heterocycles. The number of halogens is 1. The Morgan fingerprint density at radius 3 is 2.33 bits per heavy atom. The SMILES string of the molecule is CN=C(NCCc1cc(C)cc(C)c1)NC1CC=CC1.I. The van der Waals surface area contributed by atoms with Crippen LogP contribution in [0.15, 0.2) is 35.3 Å². The Labute approximate surface area is 145 Å². The van der Waals surface area contributed by atoms with Gasteiger partial charge in [0.1, 0.15) is 0 Å². The molecular formula is C17H26IN3. The highest BCUT2D eigenvalue weighted by Gasteiger charge is 2.11. The highest BCUT2D eigenvalue weighted by atomic mass is 127. The summed E-state index contributed by atoms with van der Waals surface area (Å²) in [5, 5.41) is 6.85. The summed E-state index contributed by atoms with van der Waals surface area (Å²) in [6.45, 7) is 5.21. The molecule has 0 amide bonds. The van der Waals surface area contributed by atoms with E-state index in [2.05, 4.69) is 59.8 Å². The first kappa shape index (κ1) is 18.0. The van der Waals surface area contributed by atoms with Crippen molar-refractivity contribution in [1.82, 2.24) is 10.6 Å². The van der Waals surface area contributed by atoms with E-state index in [9.17, 15) is 0 Å². The fourth-order valence-corrected chi connectivity index (χ4v) is 2.66. The molecule has 116 valence electrons. The van der Waals surface area contributed by atoms with Gasteiger partial charge in [-0.25, -0.2) is 0 Å². The molecular weight excluding hydrogens is 373 g/mol. The maximum Gasteiger partial charge on any atom is 0.191 e. The van der Waals surface area contributed by atoms with Crippen molar-refractivity contribution in [3.05, 3.63) is 47.0 Å². The normalized spacial score (nSPS) is 14.9. The van der Waals surface area contributed by atoms with Crippen molar-refractivity contribution in [3.63, 3.8) is 0 Å². The van der Waals surface area contributed by atoms with Crippen molar-refractivity contribution in [2.75, 3.05) is 13.6 Å². The lowest BCUT2D eigenvalue weighted by Gasteiger charge is -2.17. The molecule has 0 saturated carbocycles. The van der Waals surface area contributed by atoms with Gasteiger partial charge in [0, 0.05) is 19.6 Å². The zero-order chi connectivity index (χ0) is 14.4. The fourth-order valence-electron chi connectivity index (χ4n) is 2.66. The number of benzene rings is 1. The van der Waals surface area contributed by atoms with E-state index in [-0.39, 0.29) is 24.0 Å². The largest absolute Gasteiger partial charge is 0.356 e. The van der Waals surface area contributed by atoms with Crippen LogP contribution in [0.1, 0.15) is 29.5 Å².